The lowest BCUT2D eigenvalue weighted by Gasteiger charge is -2.04. The third-order valence-electron chi connectivity index (χ3n) is 2.52. The lowest BCUT2D eigenvalue weighted by atomic mass is 10.1. The minimum atomic E-state index is 0.170. The molecule has 0 unspecified atom stereocenters. The highest BCUT2D eigenvalue weighted by molar-refractivity contribution is 5.75. The first kappa shape index (κ1) is 15.2. The molecule has 0 bridgehead atoms. The largest absolute Gasteiger partial charge is 0.356 e. The van der Waals surface area contributed by atoms with Gasteiger partial charge >= 0.3 is 0 Å². The van der Waals surface area contributed by atoms with Gasteiger partial charge in [0.2, 0.25) is 5.91 Å². The smallest absolute Gasteiger partial charge is 0.220 e. The Labute approximate surface area is 99.5 Å². The van der Waals surface area contributed by atoms with Crippen molar-refractivity contribution in [3.63, 3.8) is 0 Å². The molecule has 0 aliphatic rings. The van der Waals surface area contributed by atoms with Crippen LogP contribution in [0.4, 0.5) is 0 Å². The molecule has 16 heavy (non-hydrogen) atoms. The van der Waals surface area contributed by atoms with Gasteiger partial charge in [-0.05, 0) is 32.2 Å². The van der Waals surface area contributed by atoms with Crippen molar-refractivity contribution in [3.05, 3.63) is 12.7 Å². The molecule has 3 nitrogen and oxygen atoms in total. The molecule has 0 aliphatic heterocycles. The molecule has 0 aromatic heterocycles. The molecular formula is C13H26N2O. The summed E-state index contributed by atoms with van der Waals surface area (Å²) in [5, 5.41) is 2.93. The van der Waals surface area contributed by atoms with Gasteiger partial charge in [0.1, 0.15) is 0 Å². The van der Waals surface area contributed by atoms with Crippen LogP contribution in [0.15, 0.2) is 12.7 Å². The second-order valence-electron chi connectivity index (χ2n) is 4.09. The topological polar surface area (TPSA) is 55.1 Å². The molecule has 1 amide bonds. The summed E-state index contributed by atoms with van der Waals surface area (Å²) in [6.07, 6.45) is 10.1. The molecule has 0 radical (unpaired) electrons. The summed E-state index contributed by atoms with van der Waals surface area (Å²) in [6.45, 7) is 5.23. The van der Waals surface area contributed by atoms with E-state index in [0.717, 1.165) is 38.8 Å². The first-order valence-corrected chi connectivity index (χ1v) is 6.39. The van der Waals surface area contributed by atoms with Crippen LogP contribution in [0.2, 0.25) is 0 Å². The van der Waals surface area contributed by atoms with Crippen LogP contribution < -0.4 is 11.1 Å². The van der Waals surface area contributed by atoms with E-state index in [1.54, 1.807) is 0 Å². The van der Waals surface area contributed by atoms with Crippen LogP contribution in [0.5, 0.6) is 0 Å². The minimum Gasteiger partial charge on any atom is -0.356 e. The normalized spacial score (nSPS) is 10.1. The number of nitrogens with one attached hydrogen (secondary N) is 1. The zero-order chi connectivity index (χ0) is 12.1. The SMILES string of the molecule is C=CCCCC(=O)NCCCCCCCN. The van der Waals surface area contributed by atoms with Crippen molar-refractivity contribution in [1.29, 1.82) is 0 Å². The number of hydrogen-bond acceptors (Lipinski definition) is 2. The molecule has 0 aromatic carbocycles. The van der Waals surface area contributed by atoms with E-state index in [2.05, 4.69) is 11.9 Å². The predicted molar refractivity (Wildman–Crippen MR) is 69.2 cm³/mol. The van der Waals surface area contributed by atoms with Crippen LogP contribution in [-0.4, -0.2) is 19.0 Å². The van der Waals surface area contributed by atoms with Gasteiger partial charge < -0.3 is 11.1 Å². The van der Waals surface area contributed by atoms with E-state index in [0.29, 0.717) is 6.42 Å². The summed E-state index contributed by atoms with van der Waals surface area (Å²) in [5.41, 5.74) is 5.40. The van der Waals surface area contributed by atoms with E-state index in [-0.39, 0.29) is 5.91 Å². The van der Waals surface area contributed by atoms with E-state index >= 15 is 0 Å². The molecule has 0 spiro atoms. The number of allylic oxidation sites excluding steroid dienone is 1. The minimum absolute atomic E-state index is 0.170. The zero-order valence-electron chi connectivity index (χ0n) is 10.3. The number of nitrogens with two attached hydrogens (primary N) is 1. The van der Waals surface area contributed by atoms with Crippen LogP contribution in [0.1, 0.15) is 51.4 Å². The molecule has 3 N–H and O–H groups in total. The van der Waals surface area contributed by atoms with Crippen LogP contribution in [0.25, 0.3) is 0 Å². The summed E-state index contributed by atoms with van der Waals surface area (Å²) < 4.78 is 0. The van der Waals surface area contributed by atoms with E-state index in [1.807, 2.05) is 6.08 Å². The molecule has 0 saturated heterocycles. The summed E-state index contributed by atoms with van der Waals surface area (Å²) in [5.74, 6) is 0.170. The van der Waals surface area contributed by atoms with Gasteiger partial charge in [0.15, 0.2) is 0 Å². The summed E-state index contributed by atoms with van der Waals surface area (Å²) >= 11 is 0. The molecular weight excluding hydrogens is 200 g/mol. The van der Waals surface area contributed by atoms with Gasteiger partial charge in [-0.3, -0.25) is 4.79 Å². The highest BCUT2D eigenvalue weighted by Gasteiger charge is 1.98. The first-order chi connectivity index (χ1) is 7.81. The highest BCUT2D eigenvalue weighted by Crippen LogP contribution is 2.01. The number of carbonyl (C=O) groups excluding carboxylic acids is 1. The van der Waals surface area contributed by atoms with Crippen molar-refractivity contribution >= 4 is 5.91 Å². The number of rotatable bonds is 11. The highest BCUT2D eigenvalue weighted by atomic mass is 16.1. The Balaban J connectivity index is 3.12. The molecule has 0 aromatic rings. The van der Waals surface area contributed by atoms with Crippen LogP contribution in [-0.2, 0) is 4.79 Å². The standard InChI is InChI=1S/C13H26N2O/c1-2-3-7-10-13(16)15-12-9-6-4-5-8-11-14/h2H,1,3-12,14H2,(H,15,16). The van der Waals surface area contributed by atoms with Crippen molar-refractivity contribution in [2.75, 3.05) is 13.1 Å². The van der Waals surface area contributed by atoms with Gasteiger partial charge in [-0.15, -0.1) is 6.58 Å². The number of amides is 1. The lowest BCUT2D eigenvalue weighted by Crippen LogP contribution is -2.23. The Morgan fingerprint density at radius 1 is 1.12 bits per heavy atom. The van der Waals surface area contributed by atoms with Crippen LogP contribution >= 0.6 is 0 Å². The van der Waals surface area contributed by atoms with Gasteiger partial charge in [-0.2, -0.15) is 0 Å². The van der Waals surface area contributed by atoms with Crippen molar-refractivity contribution in [3.8, 4) is 0 Å². The molecule has 0 fully saturated rings. The molecule has 0 rings (SSSR count). The van der Waals surface area contributed by atoms with E-state index in [1.165, 1.54) is 19.3 Å². The maximum atomic E-state index is 11.3. The van der Waals surface area contributed by atoms with Crippen molar-refractivity contribution in [1.82, 2.24) is 5.32 Å². The summed E-state index contributed by atoms with van der Waals surface area (Å²) in [6, 6.07) is 0. The van der Waals surface area contributed by atoms with Crippen molar-refractivity contribution < 1.29 is 4.79 Å². The third kappa shape index (κ3) is 11.2. The summed E-state index contributed by atoms with van der Waals surface area (Å²) in [7, 11) is 0. The van der Waals surface area contributed by atoms with Gasteiger partial charge in [0.25, 0.3) is 0 Å². The number of unbranched alkanes of at least 4 members (excludes halogenated alkanes) is 5. The molecule has 3 heteroatoms. The van der Waals surface area contributed by atoms with Gasteiger partial charge in [-0.25, -0.2) is 0 Å². The fraction of sp³-hybridized carbons (Fsp3) is 0.769. The van der Waals surface area contributed by atoms with E-state index in [9.17, 15) is 4.79 Å². The van der Waals surface area contributed by atoms with Gasteiger partial charge in [0.05, 0.1) is 0 Å². The molecule has 0 heterocycles. The Morgan fingerprint density at radius 2 is 1.81 bits per heavy atom. The zero-order valence-corrected chi connectivity index (χ0v) is 10.3. The first-order valence-electron chi connectivity index (χ1n) is 6.39. The Kier molecular flexibility index (Phi) is 11.6. The van der Waals surface area contributed by atoms with E-state index in [4.69, 9.17) is 5.73 Å². The predicted octanol–water partition coefficient (Wildman–Crippen LogP) is 2.37. The third-order valence-corrected chi connectivity index (χ3v) is 2.52. The molecule has 0 aliphatic carbocycles. The maximum absolute atomic E-state index is 11.3. The Bertz CT molecular complexity index is 181. The average molecular weight is 226 g/mol. The van der Waals surface area contributed by atoms with Crippen LogP contribution in [0, 0.1) is 0 Å². The van der Waals surface area contributed by atoms with Gasteiger partial charge in [0, 0.05) is 13.0 Å². The molecule has 0 atom stereocenters. The van der Waals surface area contributed by atoms with Crippen molar-refractivity contribution in [2.45, 2.75) is 51.4 Å². The average Bonchev–Trinajstić information content (AvgIpc) is 2.28. The second-order valence-corrected chi connectivity index (χ2v) is 4.09. The van der Waals surface area contributed by atoms with Crippen LogP contribution in [0.3, 0.4) is 0 Å². The van der Waals surface area contributed by atoms with Crippen molar-refractivity contribution in [2.24, 2.45) is 5.73 Å². The second kappa shape index (κ2) is 12.2. The Hall–Kier alpha value is -0.830. The summed E-state index contributed by atoms with van der Waals surface area (Å²) in [4.78, 5) is 11.3. The monoisotopic (exact) mass is 226 g/mol. The fourth-order valence-corrected chi connectivity index (χ4v) is 1.52. The number of carbonyl (C=O) groups is 1. The Morgan fingerprint density at radius 3 is 2.50 bits per heavy atom. The molecule has 94 valence electrons. The quantitative estimate of drug-likeness (QED) is 0.420. The maximum Gasteiger partial charge on any atom is 0.220 e. The van der Waals surface area contributed by atoms with Gasteiger partial charge in [-0.1, -0.05) is 25.3 Å². The number of hydrogen-bond donors (Lipinski definition) is 2. The molecule has 0 saturated carbocycles. The fourth-order valence-electron chi connectivity index (χ4n) is 1.52. The van der Waals surface area contributed by atoms with E-state index < -0.39 is 0 Å². The lowest BCUT2D eigenvalue weighted by molar-refractivity contribution is -0.121.